The van der Waals surface area contributed by atoms with Gasteiger partial charge in [-0.05, 0) is 39.0 Å². The maximum atomic E-state index is 11.8. The SMILES string of the molecule is CC(C)(C)OC(=O)N1C[C@@H]2C[C@H]2[C@H]1C(=O)O. The average molecular weight is 227 g/mol. The maximum Gasteiger partial charge on any atom is 0.411 e. The van der Waals surface area contributed by atoms with E-state index in [1.807, 2.05) is 0 Å². The van der Waals surface area contributed by atoms with Crippen LogP contribution in [0.1, 0.15) is 27.2 Å². The first-order valence-corrected chi connectivity index (χ1v) is 5.52. The minimum atomic E-state index is -0.921. The van der Waals surface area contributed by atoms with Gasteiger partial charge < -0.3 is 9.84 Å². The third-order valence-electron chi connectivity index (χ3n) is 3.03. The zero-order valence-electron chi connectivity index (χ0n) is 9.77. The molecule has 16 heavy (non-hydrogen) atoms. The van der Waals surface area contributed by atoms with E-state index >= 15 is 0 Å². The summed E-state index contributed by atoms with van der Waals surface area (Å²) in [6.45, 7) is 5.85. The summed E-state index contributed by atoms with van der Waals surface area (Å²) >= 11 is 0. The highest BCUT2D eigenvalue weighted by molar-refractivity contribution is 5.82. The van der Waals surface area contributed by atoms with Crippen molar-refractivity contribution in [1.82, 2.24) is 4.90 Å². The van der Waals surface area contributed by atoms with Crippen molar-refractivity contribution >= 4 is 12.1 Å². The van der Waals surface area contributed by atoms with E-state index in [1.54, 1.807) is 20.8 Å². The number of nitrogens with zero attached hydrogens (tertiary/aromatic N) is 1. The summed E-state index contributed by atoms with van der Waals surface area (Å²) < 4.78 is 5.19. The maximum absolute atomic E-state index is 11.8. The minimum Gasteiger partial charge on any atom is -0.480 e. The highest BCUT2D eigenvalue weighted by Gasteiger charge is 2.57. The predicted octanol–water partition coefficient (Wildman–Crippen LogP) is 1.33. The number of carboxylic acids is 1. The molecule has 1 aliphatic heterocycles. The summed E-state index contributed by atoms with van der Waals surface area (Å²) in [5, 5.41) is 9.08. The summed E-state index contributed by atoms with van der Waals surface area (Å²) in [5.74, 6) is -0.408. The number of carbonyl (C=O) groups is 2. The van der Waals surface area contributed by atoms with Gasteiger partial charge in [-0.25, -0.2) is 9.59 Å². The standard InChI is InChI=1S/C11H17NO4/c1-11(2,3)16-10(15)12-5-6-4-7(6)8(12)9(13)14/h6-8H,4-5H2,1-3H3,(H,13,14)/t6-,7+,8-/m0/s1. The molecule has 1 amide bonds. The largest absolute Gasteiger partial charge is 0.480 e. The first-order valence-electron chi connectivity index (χ1n) is 5.52. The molecule has 2 fully saturated rings. The molecular weight excluding hydrogens is 210 g/mol. The fourth-order valence-corrected chi connectivity index (χ4v) is 2.29. The predicted molar refractivity (Wildman–Crippen MR) is 56.0 cm³/mol. The molecule has 2 rings (SSSR count). The topological polar surface area (TPSA) is 66.8 Å². The molecule has 90 valence electrons. The fourth-order valence-electron chi connectivity index (χ4n) is 2.29. The Labute approximate surface area is 94.4 Å². The van der Waals surface area contributed by atoms with E-state index in [0.717, 1.165) is 6.42 Å². The van der Waals surface area contributed by atoms with Crippen LogP contribution < -0.4 is 0 Å². The quantitative estimate of drug-likeness (QED) is 0.733. The van der Waals surface area contributed by atoms with Crippen LogP contribution in [0.25, 0.3) is 0 Å². The molecule has 0 aromatic carbocycles. The number of ether oxygens (including phenoxy) is 1. The Morgan fingerprint density at radius 1 is 1.38 bits per heavy atom. The number of carboxylic acid groups (broad SMARTS) is 1. The lowest BCUT2D eigenvalue weighted by molar-refractivity contribution is -0.142. The average Bonchev–Trinajstić information content (AvgIpc) is 2.73. The second-order valence-electron chi connectivity index (χ2n) is 5.58. The number of amides is 1. The van der Waals surface area contributed by atoms with Gasteiger partial charge in [-0.1, -0.05) is 0 Å². The monoisotopic (exact) mass is 227 g/mol. The van der Waals surface area contributed by atoms with Gasteiger partial charge in [0.1, 0.15) is 11.6 Å². The second-order valence-corrected chi connectivity index (χ2v) is 5.58. The fraction of sp³-hybridized carbons (Fsp3) is 0.818. The van der Waals surface area contributed by atoms with Crippen LogP contribution in [0.3, 0.4) is 0 Å². The highest BCUT2D eigenvalue weighted by atomic mass is 16.6. The van der Waals surface area contributed by atoms with Crippen molar-refractivity contribution in [2.45, 2.75) is 38.8 Å². The van der Waals surface area contributed by atoms with E-state index in [0.29, 0.717) is 12.5 Å². The van der Waals surface area contributed by atoms with Crippen molar-refractivity contribution in [1.29, 1.82) is 0 Å². The van der Waals surface area contributed by atoms with Gasteiger partial charge >= 0.3 is 12.1 Å². The van der Waals surface area contributed by atoms with Crippen LogP contribution in [0.2, 0.25) is 0 Å². The molecule has 0 radical (unpaired) electrons. The molecule has 0 unspecified atom stereocenters. The van der Waals surface area contributed by atoms with Crippen LogP contribution in [0.5, 0.6) is 0 Å². The van der Waals surface area contributed by atoms with Crippen molar-refractivity contribution < 1.29 is 19.4 Å². The Bertz CT molecular complexity index is 333. The zero-order valence-corrected chi connectivity index (χ0v) is 9.77. The van der Waals surface area contributed by atoms with E-state index in [4.69, 9.17) is 9.84 Å². The van der Waals surface area contributed by atoms with Crippen LogP contribution in [0.15, 0.2) is 0 Å². The smallest absolute Gasteiger partial charge is 0.411 e. The van der Waals surface area contributed by atoms with Crippen LogP contribution in [-0.4, -0.2) is 40.3 Å². The van der Waals surface area contributed by atoms with Crippen LogP contribution in [0, 0.1) is 11.8 Å². The van der Waals surface area contributed by atoms with Crippen molar-refractivity contribution in [3.05, 3.63) is 0 Å². The normalized spacial score (nSPS) is 32.2. The van der Waals surface area contributed by atoms with Crippen molar-refractivity contribution in [2.24, 2.45) is 11.8 Å². The summed E-state index contributed by atoms with van der Waals surface area (Å²) in [6.07, 6.45) is 0.420. The van der Waals surface area contributed by atoms with E-state index in [1.165, 1.54) is 4.90 Å². The lowest BCUT2D eigenvalue weighted by atomic mass is 10.2. The molecule has 1 saturated heterocycles. The summed E-state index contributed by atoms with van der Waals surface area (Å²) in [5.41, 5.74) is -0.576. The Morgan fingerprint density at radius 3 is 2.50 bits per heavy atom. The number of carbonyl (C=O) groups excluding carboxylic acids is 1. The van der Waals surface area contributed by atoms with Gasteiger partial charge in [-0.2, -0.15) is 0 Å². The van der Waals surface area contributed by atoms with Gasteiger partial charge in [-0.3, -0.25) is 4.90 Å². The number of piperidine rings is 1. The lowest BCUT2D eigenvalue weighted by Crippen LogP contribution is -2.45. The molecule has 1 heterocycles. The van der Waals surface area contributed by atoms with E-state index < -0.39 is 23.7 Å². The number of hydrogen-bond donors (Lipinski definition) is 1. The summed E-state index contributed by atoms with van der Waals surface area (Å²) in [4.78, 5) is 24.2. The molecule has 0 bridgehead atoms. The molecule has 0 spiro atoms. The molecule has 1 saturated carbocycles. The molecule has 1 N–H and O–H groups in total. The minimum absolute atomic E-state index is 0.144. The first kappa shape index (κ1) is 11.2. The molecule has 0 aromatic heterocycles. The molecular formula is C11H17NO4. The van der Waals surface area contributed by atoms with Gasteiger partial charge in [0.15, 0.2) is 0 Å². The summed E-state index contributed by atoms with van der Waals surface area (Å²) in [6, 6.07) is -0.681. The lowest BCUT2D eigenvalue weighted by Gasteiger charge is -2.28. The van der Waals surface area contributed by atoms with Gasteiger partial charge in [-0.15, -0.1) is 0 Å². The number of hydrogen-bond acceptors (Lipinski definition) is 3. The first-order chi connectivity index (χ1) is 7.29. The second kappa shape index (κ2) is 3.37. The zero-order chi connectivity index (χ0) is 12.1. The summed E-state index contributed by atoms with van der Waals surface area (Å²) in [7, 11) is 0. The molecule has 2 aliphatic rings. The Balaban J connectivity index is 2.04. The van der Waals surface area contributed by atoms with Gasteiger partial charge in [0.2, 0.25) is 0 Å². The van der Waals surface area contributed by atoms with Crippen LogP contribution >= 0.6 is 0 Å². The molecule has 1 aliphatic carbocycles. The van der Waals surface area contributed by atoms with Gasteiger partial charge in [0.05, 0.1) is 0 Å². The molecule has 5 nitrogen and oxygen atoms in total. The number of rotatable bonds is 1. The number of likely N-dealkylation sites (tertiary alicyclic amines) is 1. The van der Waals surface area contributed by atoms with E-state index in [-0.39, 0.29) is 5.92 Å². The Morgan fingerprint density at radius 2 is 2.00 bits per heavy atom. The van der Waals surface area contributed by atoms with E-state index in [2.05, 4.69) is 0 Å². The molecule has 0 aromatic rings. The van der Waals surface area contributed by atoms with E-state index in [9.17, 15) is 9.59 Å². The number of fused-ring (bicyclic) bond motifs is 1. The van der Waals surface area contributed by atoms with Crippen LogP contribution in [0.4, 0.5) is 4.79 Å². The Hall–Kier alpha value is -1.26. The van der Waals surface area contributed by atoms with Crippen molar-refractivity contribution in [3.63, 3.8) is 0 Å². The van der Waals surface area contributed by atoms with Gasteiger partial charge in [0.25, 0.3) is 0 Å². The van der Waals surface area contributed by atoms with Crippen LogP contribution in [-0.2, 0) is 9.53 Å². The molecule has 3 atom stereocenters. The molecule has 5 heteroatoms. The van der Waals surface area contributed by atoms with Crippen molar-refractivity contribution in [3.8, 4) is 0 Å². The van der Waals surface area contributed by atoms with Crippen molar-refractivity contribution in [2.75, 3.05) is 6.54 Å². The third-order valence-corrected chi connectivity index (χ3v) is 3.03. The number of aliphatic carboxylic acids is 1. The third kappa shape index (κ3) is 1.99. The van der Waals surface area contributed by atoms with Gasteiger partial charge in [0, 0.05) is 6.54 Å². The highest BCUT2D eigenvalue weighted by Crippen LogP contribution is 2.49. The Kier molecular flexibility index (Phi) is 2.36.